The zero-order valence-corrected chi connectivity index (χ0v) is 13.2. The van der Waals surface area contributed by atoms with Crippen LogP contribution in [0.4, 0.5) is 10.1 Å². The van der Waals surface area contributed by atoms with Crippen LogP contribution in [-0.4, -0.2) is 5.91 Å². The van der Waals surface area contributed by atoms with E-state index in [-0.39, 0.29) is 11.1 Å². The molecule has 0 heterocycles. The summed E-state index contributed by atoms with van der Waals surface area (Å²) in [5.74, 6) is -1.23. The molecule has 25 heavy (non-hydrogen) atoms. The van der Waals surface area contributed by atoms with Gasteiger partial charge in [0.25, 0.3) is 5.91 Å². The number of anilines is 1. The highest BCUT2D eigenvalue weighted by atomic mass is 19.1. The maximum Gasteiger partial charge on any atom is 0.258 e. The summed E-state index contributed by atoms with van der Waals surface area (Å²) in [4.78, 5) is 12.3. The lowest BCUT2D eigenvalue weighted by Crippen LogP contribution is -2.14. The highest BCUT2D eigenvalue weighted by Gasteiger charge is 2.19. The maximum atomic E-state index is 14.0. The molecule has 0 bridgehead atoms. The monoisotopic (exact) mass is 328 g/mol. The fourth-order valence-electron chi connectivity index (χ4n) is 3.19. The molecule has 0 spiro atoms. The number of nitrogens with one attached hydrogen (secondary N) is 1. The number of fused-ring (bicyclic) bond motifs is 3. The first-order chi connectivity index (χ1) is 12.2. The van der Waals surface area contributed by atoms with Crippen LogP contribution in [0.15, 0.2) is 60.7 Å². The average Bonchev–Trinajstić information content (AvgIpc) is 2.99. The number of carbonyl (C=O) groups excluding carboxylic acids is 1. The summed E-state index contributed by atoms with van der Waals surface area (Å²) >= 11 is 0. The van der Waals surface area contributed by atoms with Gasteiger partial charge in [-0.25, -0.2) is 4.39 Å². The molecule has 0 unspecified atom stereocenters. The average molecular weight is 328 g/mol. The van der Waals surface area contributed by atoms with E-state index in [2.05, 4.69) is 17.4 Å². The molecule has 0 aromatic heterocycles. The van der Waals surface area contributed by atoms with Crippen LogP contribution < -0.4 is 5.32 Å². The van der Waals surface area contributed by atoms with E-state index in [4.69, 9.17) is 5.26 Å². The Hall–Kier alpha value is -3.45. The Balaban J connectivity index is 1.60. The fraction of sp³-hybridized carbons (Fsp3) is 0.0476. The van der Waals surface area contributed by atoms with E-state index in [0.717, 1.165) is 23.6 Å². The summed E-state index contributed by atoms with van der Waals surface area (Å²) in [5.41, 5.74) is 5.51. The van der Waals surface area contributed by atoms with Crippen molar-refractivity contribution in [2.24, 2.45) is 0 Å². The number of hydrogen-bond donors (Lipinski definition) is 1. The van der Waals surface area contributed by atoms with Crippen molar-refractivity contribution in [2.45, 2.75) is 6.42 Å². The van der Waals surface area contributed by atoms with E-state index in [0.29, 0.717) is 5.69 Å². The van der Waals surface area contributed by atoms with Gasteiger partial charge < -0.3 is 5.32 Å². The highest BCUT2D eigenvalue weighted by molar-refractivity contribution is 6.04. The molecule has 0 aliphatic heterocycles. The molecule has 1 N–H and O–H groups in total. The van der Waals surface area contributed by atoms with Crippen LogP contribution in [0, 0.1) is 17.1 Å². The first-order valence-electron chi connectivity index (χ1n) is 7.88. The van der Waals surface area contributed by atoms with Crippen molar-refractivity contribution in [1.82, 2.24) is 0 Å². The molecule has 3 aromatic rings. The van der Waals surface area contributed by atoms with Gasteiger partial charge in [0.15, 0.2) is 0 Å². The molecule has 0 saturated carbocycles. The molecular formula is C21H13FN2O. The molecule has 0 radical (unpaired) electrons. The smallest absolute Gasteiger partial charge is 0.258 e. The third kappa shape index (κ3) is 2.66. The molecule has 0 fully saturated rings. The molecule has 1 aliphatic rings. The second kappa shape index (κ2) is 5.88. The van der Waals surface area contributed by atoms with Gasteiger partial charge >= 0.3 is 0 Å². The van der Waals surface area contributed by atoms with Gasteiger partial charge in [0.1, 0.15) is 5.82 Å². The van der Waals surface area contributed by atoms with Crippen molar-refractivity contribution in [2.75, 3.05) is 5.32 Å². The van der Waals surface area contributed by atoms with Crippen molar-refractivity contribution in [3.8, 4) is 17.2 Å². The predicted octanol–water partition coefficient (Wildman–Crippen LogP) is 4.52. The zero-order valence-electron chi connectivity index (χ0n) is 13.2. The lowest BCUT2D eigenvalue weighted by Gasteiger charge is -2.08. The van der Waals surface area contributed by atoms with Crippen molar-refractivity contribution < 1.29 is 9.18 Å². The molecule has 1 aliphatic carbocycles. The number of halogens is 1. The zero-order chi connectivity index (χ0) is 17.4. The van der Waals surface area contributed by atoms with Crippen molar-refractivity contribution in [3.63, 3.8) is 0 Å². The van der Waals surface area contributed by atoms with Crippen LogP contribution in [0.5, 0.6) is 0 Å². The molecule has 3 nitrogen and oxygen atoms in total. The van der Waals surface area contributed by atoms with Gasteiger partial charge in [0.2, 0.25) is 0 Å². The van der Waals surface area contributed by atoms with E-state index in [1.54, 1.807) is 0 Å². The normalized spacial score (nSPS) is 11.4. The molecule has 120 valence electrons. The minimum Gasteiger partial charge on any atom is -0.322 e. The quantitative estimate of drug-likeness (QED) is 0.588. The fourth-order valence-corrected chi connectivity index (χ4v) is 3.19. The number of rotatable bonds is 2. The van der Waals surface area contributed by atoms with Gasteiger partial charge in [0.05, 0.1) is 17.2 Å². The molecule has 4 rings (SSSR count). The second-order valence-corrected chi connectivity index (χ2v) is 5.97. The highest BCUT2D eigenvalue weighted by Crippen LogP contribution is 2.37. The van der Waals surface area contributed by atoms with Crippen LogP contribution in [0.2, 0.25) is 0 Å². The minimum absolute atomic E-state index is 0.0808. The summed E-state index contributed by atoms with van der Waals surface area (Å²) in [6, 6.07) is 19.6. The Bertz CT molecular complexity index is 1050. The van der Waals surface area contributed by atoms with E-state index in [9.17, 15) is 9.18 Å². The van der Waals surface area contributed by atoms with Crippen LogP contribution in [-0.2, 0) is 6.42 Å². The number of amides is 1. The summed E-state index contributed by atoms with van der Waals surface area (Å²) in [5, 5.41) is 11.5. The van der Waals surface area contributed by atoms with E-state index >= 15 is 0 Å². The Morgan fingerprint density at radius 1 is 1.00 bits per heavy atom. The van der Waals surface area contributed by atoms with Crippen molar-refractivity contribution >= 4 is 11.6 Å². The first kappa shape index (κ1) is 15.1. The van der Waals surface area contributed by atoms with Crippen LogP contribution in [0.1, 0.15) is 27.0 Å². The van der Waals surface area contributed by atoms with Crippen molar-refractivity contribution in [1.29, 1.82) is 5.26 Å². The summed E-state index contributed by atoms with van der Waals surface area (Å²) in [6.45, 7) is 0. The Kier molecular flexibility index (Phi) is 3.55. The number of nitrogens with zero attached hydrogens (tertiary/aromatic N) is 1. The Morgan fingerprint density at radius 3 is 2.60 bits per heavy atom. The SMILES string of the molecule is N#Cc1ccc(C(=O)Nc2ccc3c(c2)Cc2ccccc2-3)c(F)c1. The van der Waals surface area contributed by atoms with Gasteiger partial charge in [-0.15, -0.1) is 0 Å². The van der Waals surface area contributed by atoms with Crippen molar-refractivity contribution in [3.05, 3.63) is 88.7 Å². The van der Waals surface area contributed by atoms with E-state index in [1.165, 1.54) is 23.3 Å². The number of nitriles is 1. The molecule has 1 amide bonds. The second-order valence-electron chi connectivity index (χ2n) is 5.97. The van der Waals surface area contributed by atoms with Gasteiger partial charge in [-0.3, -0.25) is 4.79 Å². The lowest BCUT2D eigenvalue weighted by molar-refractivity contribution is 0.102. The third-order valence-corrected chi connectivity index (χ3v) is 4.39. The van der Waals surface area contributed by atoms with Crippen LogP contribution >= 0.6 is 0 Å². The van der Waals surface area contributed by atoms with Gasteiger partial charge in [-0.1, -0.05) is 30.3 Å². The standard InChI is InChI=1S/C21H13FN2O/c22-20-9-13(12-23)5-7-19(20)21(25)24-16-6-8-18-15(11-16)10-14-3-1-2-4-17(14)18/h1-9,11H,10H2,(H,24,25). The molecule has 3 aromatic carbocycles. The Morgan fingerprint density at radius 2 is 1.80 bits per heavy atom. The topological polar surface area (TPSA) is 52.9 Å². The summed E-state index contributed by atoms with van der Waals surface area (Å²) < 4.78 is 14.0. The van der Waals surface area contributed by atoms with Gasteiger partial charge in [0, 0.05) is 5.69 Å². The Labute approximate surface area is 144 Å². The number of hydrogen-bond acceptors (Lipinski definition) is 2. The van der Waals surface area contributed by atoms with Crippen LogP contribution in [0.3, 0.4) is 0 Å². The molecule has 4 heteroatoms. The van der Waals surface area contributed by atoms with E-state index < -0.39 is 11.7 Å². The maximum absolute atomic E-state index is 14.0. The molecule has 0 saturated heterocycles. The predicted molar refractivity (Wildman–Crippen MR) is 93.8 cm³/mol. The minimum atomic E-state index is -0.704. The molecule has 0 atom stereocenters. The summed E-state index contributed by atoms with van der Waals surface area (Å²) in [6.07, 6.45) is 0.820. The summed E-state index contributed by atoms with van der Waals surface area (Å²) in [7, 11) is 0. The lowest BCUT2D eigenvalue weighted by atomic mass is 10.1. The third-order valence-electron chi connectivity index (χ3n) is 4.39. The van der Waals surface area contributed by atoms with Gasteiger partial charge in [-0.05, 0) is 59.0 Å². The largest absolute Gasteiger partial charge is 0.322 e. The number of benzene rings is 3. The number of carbonyl (C=O) groups is 1. The molecular weight excluding hydrogens is 315 g/mol. The first-order valence-corrected chi connectivity index (χ1v) is 7.88. The van der Waals surface area contributed by atoms with Crippen LogP contribution in [0.25, 0.3) is 11.1 Å². The van der Waals surface area contributed by atoms with E-state index in [1.807, 2.05) is 36.4 Å². The van der Waals surface area contributed by atoms with Gasteiger partial charge in [-0.2, -0.15) is 5.26 Å².